The molecule has 0 N–H and O–H groups in total. The van der Waals surface area contributed by atoms with Crippen molar-refractivity contribution in [2.75, 3.05) is 0 Å². The fraction of sp³-hybridized carbons (Fsp3) is 0.0455. The zero-order valence-electron chi connectivity index (χ0n) is 14.2. The molecule has 0 atom stereocenters. The molecule has 0 saturated carbocycles. The third-order valence-corrected chi connectivity index (χ3v) is 4.23. The minimum absolute atomic E-state index is 0.732. The fourth-order valence-corrected chi connectivity index (χ4v) is 3.00. The predicted octanol–water partition coefficient (Wildman–Crippen LogP) is 5.11. The van der Waals surface area contributed by atoms with Crippen LogP contribution < -0.4 is 4.74 Å². The standard InChI is InChI=1S/C22H16N2O2/c1-16-15-24(11-12-25)22-20(16)13-17(14-23-22)19-9-5-6-10-21(19)26-18-7-3-2-4-8-18/h2-11,13-15H,1H3. The number of carbonyl (C=O) groups excluding carboxylic acids is 1. The van der Waals surface area contributed by atoms with Crippen LogP contribution in [0, 0.1) is 6.92 Å². The van der Waals surface area contributed by atoms with E-state index in [1.165, 1.54) is 6.20 Å². The van der Waals surface area contributed by atoms with Crippen LogP contribution in [-0.4, -0.2) is 15.5 Å². The molecule has 2 aromatic carbocycles. The topological polar surface area (TPSA) is 44.1 Å². The van der Waals surface area contributed by atoms with Gasteiger partial charge in [0.25, 0.3) is 0 Å². The fourth-order valence-electron chi connectivity index (χ4n) is 3.00. The zero-order chi connectivity index (χ0) is 17.9. The van der Waals surface area contributed by atoms with E-state index >= 15 is 0 Å². The van der Waals surface area contributed by atoms with Gasteiger partial charge in [0.05, 0.1) is 6.20 Å². The Morgan fingerprint density at radius 2 is 1.85 bits per heavy atom. The zero-order valence-corrected chi connectivity index (χ0v) is 14.2. The Hall–Kier alpha value is -3.62. The number of fused-ring (bicyclic) bond motifs is 1. The largest absolute Gasteiger partial charge is 0.457 e. The Kier molecular flexibility index (Phi) is 4.10. The molecule has 126 valence electrons. The summed E-state index contributed by atoms with van der Waals surface area (Å²) in [5, 5.41) is 0.989. The third-order valence-electron chi connectivity index (χ3n) is 4.23. The minimum Gasteiger partial charge on any atom is -0.457 e. The quantitative estimate of drug-likeness (QED) is 0.485. The van der Waals surface area contributed by atoms with Crippen molar-refractivity contribution in [1.82, 2.24) is 9.55 Å². The maximum atomic E-state index is 10.7. The average Bonchev–Trinajstić information content (AvgIpc) is 2.99. The summed E-state index contributed by atoms with van der Waals surface area (Å²) >= 11 is 0. The molecule has 0 amide bonds. The molecule has 0 fully saturated rings. The number of para-hydroxylation sites is 2. The van der Waals surface area contributed by atoms with Crippen LogP contribution in [-0.2, 0) is 4.79 Å². The maximum absolute atomic E-state index is 10.7. The van der Waals surface area contributed by atoms with E-state index < -0.39 is 0 Å². The number of aromatic nitrogens is 2. The second-order valence-corrected chi connectivity index (χ2v) is 5.97. The number of aryl methyl sites for hydroxylation is 1. The van der Waals surface area contributed by atoms with Crippen LogP contribution in [0.25, 0.3) is 28.4 Å². The molecule has 0 aliphatic carbocycles. The Morgan fingerprint density at radius 1 is 1.08 bits per heavy atom. The van der Waals surface area contributed by atoms with Gasteiger partial charge < -0.3 is 4.74 Å². The molecule has 0 aliphatic rings. The molecule has 4 nitrogen and oxygen atoms in total. The molecule has 4 aromatic rings. The van der Waals surface area contributed by atoms with E-state index in [1.807, 2.05) is 67.7 Å². The highest BCUT2D eigenvalue weighted by atomic mass is 16.5. The number of ether oxygens (including phenoxy) is 1. The van der Waals surface area contributed by atoms with Crippen LogP contribution in [0.4, 0.5) is 0 Å². The van der Waals surface area contributed by atoms with Crippen LogP contribution in [0.5, 0.6) is 11.5 Å². The van der Waals surface area contributed by atoms with Crippen LogP contribution in [0.3, 0.4) is 0 Å². The van der Waals surface area contributed by atoms with Gasteiger partial charge in [0.15, 0.2) is 0 Å². The molecule has 4 heteroatoms. The minimum atomic E-state index is 0.732. The van der Waals surface area contributed by atoms with Crippen molar-refractivity contribution in [1.29, 1.82) is 0 Å². The highest BCUT2D eigenvalue weighted by Crippen LogP contribution is 2.34. The summed E-state index contributed by atoms with van der Waals surface area (Å²) < 4.78 is 7.75. The highest BCUT2D eigenvalue weighted by Gasteiger charge is 2.11. The van der Waals surface area contributed by atoms with E-state index in [2.05, 4.69) is 11.1 Å². The first-order chi connectivity index (χ1) is 12.8. The number of nitrogens with zero attached hydrogens (tertiary/aromatic N) is 2. The lowest BCUT2D eigenvalue weighted by molar-refractivity contribution is 0.484. The van der Waals surface area contributed by atoms with Gasteiger partial charge in [0.2, 0.25) is 0 Å². The summed E-state index contributed by atoms with van der Waals surface area (Å²) in [6, 6.07) is 19.6. The van der Waals surface area contributed by atoms with Gasteiger partial charge >= 0.3 is 0 Å². The molecule has 2 heterocycles. The summed E-state index contributed by atoms with van der Waals surface area (Å²) in [6.45, 7) is 2.00. The van der Waals surface area contributed by atoms with E-state index in [1.54, 1.807) is 16.7 Å². The van der Waals surface area contributed by atoms with Gasteiger partial charge in [-0.25, -0.2) is 9.78 Å². The van der Waals surface area contributed by atoms with Gasteiger partial charge in [0.1, 0.15) is 23.1 Å². The molecule has 0 saturated heterocycles. The summed E-state index contributed by atoms with van der Waals surface area (Å²) in [6.07, 6.45) is 5.01. The second-order valence-electron chi connectivity index (χ2n) is 5.97. The normalized spacial score (nSPS) is 10.5. The number of benzene rings is 2. The van der Waals surface area contributed by atoms with Crippen LogP contribution in [0.1, 0.15) is 5.56 Å². The molecule has 4 rings (SSSR count). The molecular formula is C22H16N2O2. The number of rotatable bonds is 4. The van der Waals surface area contributed by atoms with Crippen molar-refractivity contribution in [3.05, 3.63) is 78.6 Å². The van der Waals surface area contributed by atoms with Gasteiger partial charge in [-0.1, -0.05) is 36.4 Å². The van der Waals surface area contributed by atoms with Gasteiger partial charge in [-0.3, -0.25) is 4.57 Å². The Balaban J connectivity index is 1.81. The summed E-state index contributed by atoms with van der Waals surface area (Å²) in [5.41, 5.74) is 3.70. The number of pyridine rings is 1. The molecule has 2 aromatic heterocycles. The number of hydrogen-bond acceptors (Lipinski definition) is 3. The lowest BCUT2D eigenvalue weighted by Gasteiger charge is -2.11. The molecule has 0 spiro atoms. The van der Waals surface area contributed by atoms with E-state index in [9.17, 15) is 4.79 Å². The molecule has 0 radical (unpaired) electrons. The number of hydrogen-bond donors (Lipinski definition) is 0. The smallest absolute Gasteiger partial charge is 0.144 e. The predicted molar refractivity (Wildman–Crippen MR) is 103 cm³/mol. The van der Waals surface area contributed by atoms with E-state index in [4.69, 9.17) is 4.74 Å². The van der Waals surface area contributed by atoms with Crippen molar-refractivity contribution in [2.24, 2.45) is 0 Å². The van der Waals surface area contributed by atoms with Gasteiger partial charge in [-0.2, -0.15) is 0 Å². The molecule has 0 unspecified atom stereocenters. The molecule has 26 heavy (non-hydrogen) atoms. The van der Waals surface area contributed by atoms with E-state index in [-0.39, 0.29) is 0 Å². The molecular weight excluding hydrogens is 324 g/mol. The first-order valence-electron chi connectivity index (χ1n) is 8.27. The Morgan fingerprint density at radius 3 is 2.65 bits per heavy atom. The lowest BCUT2D eigenvalue weighted by Crippen LogP contribution is -1.90. The second kappa shape index (κ2) is 6.71. The maximum Gasteiger partial charge on any atom is 0.144 e. The van der Waals surface area contributed by atoms with Crippen LogP contribution >= 0.6 is 0 Å². The Labute approximate surface area is 151 Å². The van der Waals surface area contributed by atoms with Crippen molar-refractivity contribution < 1.29 is 9.53 Å². The average molecular weight is 340 g/mol. The first-order valence-corrected chi connectivity index (χ1v) is 8.27. The Bertz CT molecular complexity index is 1120. The van der Waals surface area contributed by atoms with Crippen LogP contribution in [0.15, 0.2) is 73.1 Å². The summed E-state index contributed by atoms with van der Waals surface area (Å²) in [5.74, 6) is 3.35. The first kappa shape index (κ1) is 15.9. The highest BCUT2D eigenvalue weighted by molar-refractivity contribution is 5.88. The van der Waals surface area contributed by atoms with Gasteiger partial charge in [0, 0.05) is 28.9 Å². The van der Waals surface area contributed by atoms with Crippen molar-refractivity contribution in [2.45, 2.75) is 6.92 Å². The van der Waals surface area contributed by atoms with E-state index in [0.29, 0.717) is 0 Å². The molecule has 0 aliphatic heterocycles. The monoisotopic (exact) mass is 340 g/mol. The third kappa shape index (κ3) is 2.90. The summed E-state index contributed by atoms with van der Waals surface area (Å²) in [4.78, 5) is 15.2. The molecule has 0 bridgehead atoms. The van der Waals surface area contributed by atoms with Crippen molar-refractivity contribution >= 4 is 23.2 Å². The van der Waals surface area contributed by atoms with Crippen molar-refractivity contribution in [3.8, 4) is 22.6 Å². The van der Waals surface area contributed by atoms with E-state index in [0.717, 1.165) is 39.2 Å². The SMILES string of the molecule is Cc1cn(C=C=O)c2ncc(-c3ccccc3Oc3ccccc3)cc12. The van der Waals surface area contributed by atoms with Crippen molar-refractivity contribution in [3.63, 3.8) is 0 Å². The van der Waals surface area contributed by atoms with Crippen LogP contribution in [0.2, 0.25) is 0 Å². The van der Waals surface area contributed by atoms with Gasteiger partial charge in [-0.15, -0.1) is 0 Å². The summed E-state index contributed by atoms with van der Waals surface area (Å²) in [7, 11) is 0. The lowest BCUT2D eigenvalue weighted by atomic mass is 10.0. The van der Waals surface area contributed by atoms with Gasteiger partial charge in [-0.05, 0) is 36.8 Å².